The maximum atomic E-state index is 13.6. The van der Waals surface area contributed by atoms with Crippen molar-refractivity contribution >= 4 is 15.7 Å². The lowest BCUT2D eigenvalue weighted by Gasteiger charge is -2.27. The van der Waals surface area contributed by atoms with Gasteiger partial charge in [0.25, 0.3) is 0 Å². The first kappa shape index (κ1) is 15.8. The third-order valence-corrected chi connectivity index (χ3v) is 4.48. The topological polar surface area (TPSA) is 72.2 Å². The number of nitrogen functional groups attached to an aromatic ring is 1. The predicted octanol–water partition coefficient (Wildman–Crippen LogP) is 2.26. The molecule has 0 spiro atoms. The van der Waals surface area contributed by atoms with Crippen LogP contribution in [-0.4, -0.2) is 14.5 Å². The third kappa shape index (κ3) is 3.63. The van der Waals surface area contributed by atoms with Gasteiger partial charge in [-0.3, -0.25) is 0 Å². The number of anilines is 1. The predicted molar refractivity (Wildman–Crippen MR) is 70.0 cm³/mol. The Balaban J connectivity index is 3.22. The molecule has 0 aliphatic heterocycles. The van der Waals surface area contributed by atoms with Crippen LogP contribution in [0.25, 0.3) is 0 Å². The van der Waals surface area contributed by atoms with E-state index in [9.17, 15) is 17.2 Å². The summed E-state index contributed by atoms with van der Waals surface area (Å²) in [6.45, 7) is 7.14. The minimum absolute atomic E-state index is 0.150. The smallest absolute Gasteiger partial charge is 0.243 e. The van der Waals surface area contributed by atoms with Gasteiger partial charge < -0.3 is 5.73 Å². The van der Waals surface area contributed by atoms with E-state index in [1.54, 1.807) is 6.92 Å². The average molecular weight is 292 g/mol. The Kier molecular flexibility index (Phi) is 4.21. The third-order valence-electron chi connectivity index (χ3n) is 2.94. The number of rotatable bonds is 3. The zero-order chi connectivity index (χ0) is 15.0. The molecular formula is C12H18F2N2O2S. The van der Waals surface area contributed by atoms with Crippen LogP contribution in [0.1, 0.15) is 27.7 Å². The van der Waals surface area contributed by atoms with E-state index < -0.39 is 32.6 Å². The maximum Gasteiger partial charge on any atom is 0.243 e. The summed E-state index contributed by atoms with van der Waals surface area (Å²) in [5, 5.41) is 0. The summed E-state index contributed by atoms with van der Waals surface area (Å²) in [7, 11) is -4.16. The van der Waals surface area contributed by atoms with E-state index in [4.69, 9.17) is 5.73 Å². The van der Waals surface area contributed by atoms with Crippen LogP contribution in [0.4, 0.5) is 14.5 Å². The summed E-state index contributed by atoms with van der Waals surface area (Å²) in [5.41, 5.74) is 4.83. The number of nitrogens with one attached hydrogen (secondary N) is 1. The number of nitrogens with two attached hydrogens (primary N) is 1. The van der Waals surface area contributed by atoms with Crippen molar-refractivity contribution in [2.75, 3.05) is 5.73 Å². The molecule has 0 aromatic heterocycles. The van der Waals surface area contributed by atoms with Crippen molar-refractivity contribution in [1.29, 1.82) is 0 Å². The molecule has 0 heterocycles. The van der Waals surface area contributed by atoms with Crippen molar-refractivity contribution in [2.45, 2.75) is 38.6 Å². The lowest BCUT2D eigenvalue weighted by Crippen LogP contribution is -2.41. The van der Waals surface area contributed by atoms with E-state index in [2.05, 4.69) is 4.72 Å². The fourth-order valence-corrected chi connectivity index (χ4v) is 2.82. The van der Waals surface area contributed by atoms with Gasteiger partial charge in [0, 0.05) is 11.7 Å². The Hall–Kier alpha value is -1.21. The molecule has 0 radical (unpaired) electrons. The average Bonchev–Trinajstić information content (AvgIpc) is 2.21. The van der Waals surface area contributed by atoms with E-state index in [-0.39, 0.29) is 11.1 Å². The summed E-state index contributed by atoms with van der Waals surface area (Å²) < 4.78 is 53.2. The first-order valence-electron chi connectivity index (χ1n) is 5.72. The summed E-state index contributed by atoms with van der Waals surface area (Å²) in [4.78, 5) is -0.777. The van der Waals surface area contributed by atoms with E-state index in [1.165, 1.54) is 0 Å². The highest BCUT2D eigenvalue weighted by molar-refractivity contribution is 7.89. The zero-order valence-corrected chi connectivity index (χ0v) is 12.1. The lowest BCUT2D eigenvalue weighted by atomic mass is 9.89. The Bertz CT molecular complexity index is 580. The van der Waals surface area contributed by atoms with Gasteiger partial charge in [-0.25, -0.2) is 21.9 Å². The van der Waals surface area contributed by atoms with Crippen LogP contribution >= 0.6 is 0 Å². The number of halogens is 2. The van der Waals surface area contributed by atoms with E-state index >= 15 is 0 Å². The Morgan fingerprint density at radius 2 is 1.79 bits per heavy atom. The number of benzene rings is 1. The van der Waals surface area contributed by atoms with Gasteiger partial charge in [-0.2, -0.15) is 0 Å². The molecule has 19 heavy (non-hydrogen) atoms. The molecule has 0 bridgehead atoms. The van der Waals surface area contributed by atoms with Gasteiger partial charge in [0.1, 0.15) is 4.90 Å². The van der Waals surface area contributed by atoms with Crippen LogP contribution in [0.3, 0.4) is 0 Å². The number of sulfonamides is 1. The van der Waals surface area contributed by atoms with Crippen LogP contribution in [0.5, 0.6) is 0 Å². The molecular weight excluding hydrogens is 274 g/mol. The van der Waals surface area contributed by atoms with Crippen LogP contribution in [0.2, 0.25) is 0 Å². The molecule has 4 nitrogen and oxygen atoms in total. The Labute approximate surface area is 112 Å². The van der Waals surface area contributed by atoms with Crippen molar-refractivity contribution in [1.82, 2.24) is 4.72 Å². The highest BCUT2D eigenvalue weighted by Gasteiger charge is 2.29. The summed E-state index contributed by atoms with van der Waals surface area (Å²) in [5.74, 6) is -2.72. The Morgan fingerprint density at radius 3 is 2.26 bits per heavy atom. The van der Waals surface area contributed by atoms with Crippen LogP contribution in [-0.2, 0) is 10.0 Å². The summed E-state index contributed by atoms with van der Waals surface area (Å²) in [6.07, 6.45) is 0. The molecule has 0 fully saturated rings. The van der Waals surface area contributed by atoms with Crippen molar-refractivity contribution in [3.8, 4) is 0 Å². The second-order valence-corrected chi connectivity index (χ2v) is 7.21. The lowest BCUT2D eigenvalue weighted by molar-refractivity contribution is 0.317. The van der Waals surface area contributed by atoms with Crippen LogP contribution in [0, 0.1) is 17.0 Å². The normalized spacial score (nSPS) is 14.4. The molecule has 1 rings (SSSR count). The first-order chi connectivity index (χ1) is 8.45. The molecule has 108 valence electrons. The number of hydrogen-bond acceptors (Lipinski definition) is 3. The van der Waals surface area contributed by atoms with E-state index in [0.717, 1.165) is 12.1 Å². The fraction of sp³-hybridized carbons (Fsp3) is 0.500. The zero-order valence-electron chi connectivity index (χ0n) is 11.3. The molecule has 1 atom stereocenters. The van der Waals surface area contributed by atoms with Gasteiger partial charge in [0.05, 0.1) is 0 Å². The molecule has 0 amide bonds. The summed E-state index contributed by atoms with van der Waals surface area (Å²) >= 11 is 0. The quantitative estimate of drug-likeness (QED) is 0.839. The van der Waals surface area contributed by atoms with Gasteiger partial charge in [0.2, 0.25) is 10.0 Å². The molecule has 0 aliphatic carbocycles. The molecule has 3 N–H and O–H groups in total. The van der Waals surface area contributed by atoms with Crippen LogP contribution in [0.15, 0.2) is 17.0 Å². The maximum absolute atomic E-state index is 13.6. The van der Waals surface area contributed by atoms with Crippen molar-refractivity contribution in [3.63, 3.8) is 0 Å². The molecule has 0 aliphatic rings. The molecule has 1 unspecified atom stereocenters. The summed E-state index contributed by atoms with van der Waals surface area (Å²) in [6, 6.07) is 1.18. The van der Waals surface area contributed by atoms with Gasteiger partial charge in [-0.05, 0) is 24.5 Å². The van der Waals surface area contributed by atoms with Gasteiger partial charge >= 0.3 is 0 Å². The van der Waals surface area contributed by atoms with Gasteiger partial charge in [0.15, 0.2) is 11.6 Å². The van der Waals surface area contributed by atoms with E-state index in [0.29, 0.717) is 0 Å². The highest BCUT2D eigenvalue weighted by Crippen LogP contribution is 2.24. The highest BCUT2D eigenvalue weighted by atomic mass is 32.2. The fourth-order valence-electron chi connectivity index (χ4n) is 1.25. The molecule has 1 aromatic rings. The molecule has 7 heteroatoms. The van der Waals surface area contributed by atoms with Crippen molar-refractivity contribution < 1.29 is 17.2 Å². The second-order valence-electron chi connectivity index (χ2n) is 5.52. The number of hydrogen-bond donors (Lipinski definition) is 2. The van der Waals surface area contributed by atoms with Crippen LogP contribution < -0.4 is 10.5 Å². The van der Waals surface area contributed by atoms with E-state index in [1.807, 2.05) is 20.8 Å². The minimum Gasteiger partial charge on any atom is -0.399 e. The first-order valence-corrected chi connectivity index (χ1v) is 7.20. The molecule has 0 saturated heterocycles. The standard InChI is InChI=1S/C12H18F2N2O2S/c1-7(12(2,3)4)16-19(17,18)10-6-8(15)5-9(13)11(10)14/h5-7,16H,15H2,1-4H3. The van der Waals surface area contributed by atoms with Crippen molar-refractivity contribution in [3.05, 3.63) is 23.8 Å². The SMILES string of the molecule is CC(NS(=O)(=O)c1cc(N)cc(F)c1F)C(C)(C)C. The molecule has 0 saturated carbocycles. The van der Waals surface area contributed by atoms with Gasteiger partial charge in [-0.15, -0.1) is 0 Å². The largest absolute Gasteiger partial charge is 0.399 e. The second kappa shape index (κ2) is 5.05. The Morgan fingerprint density at radius 1 is 1.26 bits per heavy atom. The van der Waals surface area contributed by atoms with Gasteiger partial charge in [-0.1, -0.05) is 20.8 Å². The monoisotopic (exact) mass is 292 g/mol. The van der Waals surface area contributed by atoms with Crippen molar-refractivity contribution in [2.24, 2.45) is 5.41 Å². The molecule has 1 aromatic carbocycles. The minimum atomic E-state index is -4.16.